The van der Waals surface area contributed by atoms with Crippen LogP contribution in [-0.4, -0.2) is 25.7 Å². The lowest BCUT2D eigenvalue weighted by atomic mass is 10.1. The van der Waals surface area contributed by atoms with Crippen LogP contribution in [0.3, 0.4) is 0 Å². The van der Waals surface area contributed by atoms with E-state index >= 15 is 0 Å². The van der Waals surface area contributed by atoms with Gasteiger partial charge in [-0.3, -0.25) is 4.90 Å². The van der Waals surface area contributed by atoms with Gasteiger partial charge in [0.05, 0.1) is 14.2 Å². The molecule has 2 aromatic carbocycles. The van der Waals surface area contributed by atoms with E-state index in [0.29, 0.717) is 0 Å². The van der Waals surface area contributed by atoms with Gasteiger partial charge >= 0.3 is 0 Å². The second-order valence-corrected chi connectivity index (χ2v) is 4.98. The SMILES string of the molecule is CCN(Cc1ccccc1)Cc1ccc(OC)c(OC)c1. The fourth-order valence-corrected chi connectivity index (χ4v) is 2.36. The Balaban J connectivity index is 2.08. The van der Waals surface area contributed by atoms with Crippen LogP contribution in [0, 0.1) is 0 Å². The Morgan fingerprint density at radius 3 is 2.10 bits per heavy atom. The molecule has 0 aromatic heterocycles. The molecule has 3 nitrogen and oxygen atoms in total. The quantitative estimate of drug-likeness (QED) is 0.774. The first-order valence-corrected chi connectivity index (χ1v) is 7.24. The summed E-state index contributed by atoms with van der Waals surface area (Å²) in [5, 5.41) is 0. The van der Waals surface area contributed by atoms with Crippen LogP contribution in [0.15, 0.2) is 48.5 Å². The van der Waals surface area contributed by atoms with E-state index < -0.39 is 0 Å². The molecule has 112 valence electrons. The van der Waals surface area contributed by atoms with Crippen LogP contribution in [-0.2, 0) is 13.1 Å². The Kier molecular flexibility index (Phi) is 5.64. The molecule has 0 aliphatic carbocycles. The third kappa shape index (κ3) is 4.23. The molecule has 0 bridgehead atoms. The van der Waals surface area contributed by atoms with E-state index in [1.54, 1.807) is 14.2 Å². The fraction of sp³-hybridized carbons (Fsp3) is 0.333. The van der Waals surface area contributed by atoms with E-state index in [1.165, 1.54) is 11.1 Å². The molecule has 0 saturated carbocycles. The zero-order chi connectivity index (χ0) is 15.1. The molecular formula is C18H23NO2. The number of hydrogen-bond acceptors (Lipinski definition) is 3. The molecule has 0 spiro atoms. The standard InChI is InChI=1S/C18H23NO2/c1-4-19(13-15-8-6-5-7-9-15)14-16-10-11-17(20-2)18(12-16)21-3/h5-12H,4,13-14H2,1-3H3. The lowest BCUT2D eigenvalue weighted by molar-refractivity contribution is 0.270. The van der Waals surface area contributed by atoms with Crippen molar-refractivity contribution in [2.24, 2.45) is 0 Å². The van der Waals surface area contributed by atoms with Crippen molar-refractivity contribution in [3.8, 4) is 11.5 Å². The van der Waals surface area contributed by atoms with E-state index in [9.17, 15) is 0 Å². The smallest absolute Gasteiger partial charge is 0.161 e. The van der Waals surface area contributed by atoms with Gasteiger partial charge in [-0.05, 0) is 29.8 Å². The Morgan fingerprint density at radius 2 is 1.48 bits per heavy atom. The summed E-state index contributed by atoms with van der Waals surface area (Å²) in [6, 6.07) is 16.6. The van der Waals surface area contributed by atoms with Crippen LogP contribution in [0.5, 0.6) is 11.5 Å². The number of ether oxygens (including phenoxy) is 2. The van der Waals surface area contributed by atoms with Crippen molar-refractivity contribution in [1.29, 1.82) is 0 Å². The zero-order valence-electron chi connectivity index (χ0n) is 13.0. The summed E-state index contributed by atoms with van der Waals surface area (Å²) in [5.41, 5.74) is 2.56. The normalized spacial score (nSPS) is 10.7. The highest BCUT2D eigenvalue weighted by molar-refractivity contribution is 5.42. The minimum Gasteiger partial charge on any atom is -0.493 e. The molecule has 2 aromatic rings. The van der Waals surface area contributed by atoms with Crippen molar-refractivity contribution in [1.82, 2.24) is 4.90 Å². The molecular weight excluding hydrogens is 262 g/mol. The van der Waals surface area contributed by atoms with Gasteiger partial charge in [0, 0.05) is 13.1 Å². The molecule has 0 amide bonds. The van der Waals surface area contributed by atoms with Gasteiger partial charge in [0.2, 0.25) is 0 Å². The predicted molar refractivity (Wildman–Crippen MR) is 85.8 cm³/mol. The van der Waals surface area contributed by atoms with Crippen LogP contribution < -0.4 is 9.47 Å². The minimum atomic E-state index is 0.771. The highest BCUT2D eigenvalue weighted by Gasteiger charge is 2.08. The molecule has 0 saturated heterocycles. The van der Waals surface area contributed by atoms with Crippen molar-refractivity contribution >= 4 is 0 Å². The molecule has 0 N–H and O–H groups in total. The molecule has 21 heavy (non-hydrogen) atoms. The van der Waals surface area contributed by atoms with Gasteiger partial charge in [-0.25, -0.2) is 0 Å². The third-order valence-corrected chi connectivity index (χ3v) is 3.55. The summed E-state index contributed by atoms with van der Waals surface area (Å²) in [6.45, 7) is 5.03. The first-order chi connectivity index (χ1) is 10.3. The highest BCUT2D eigenvalue weighted by atomic mass is 16.5. The molecule has 0 atom stereocenters. The first-order valence-electron chi connectivity index (χ1n) is 7.24. The summed E-state index contributed by atoms with van der Waals surface area (Å²) in [7, 11) is 3.33. The van der Waals surface area contributed by atoms with Gasteiger partial charge < -0.3 is 9.47 Å². The molecule has 2 rings (SSSR count). The van der Waals surface area contributed by atoms with Crippen LogP contribution in [0.2, 0.25) is 0 Å². The summed E-state index contributed by atoms with van der Waals surface area (Å²) >= 11 is 0. The van der Waals surface area contributed by atoms with E-state index in [2.05, 4.69) is 42.2 Å². The molecule has 0 aliphatic heterocycles. The van der Waals surface area contributed by atoms with Crippen molar-refractivity contribution in [3.05, 3.63) is 59.7 Å². The van der Waals surface area contributed by atoms with Gasteiger partial charge in [-0.2, -0.15) is 0 Å². The van der Waals surface area contributed by atoms with E-state index in [0.717, 1.165) is 31.1 Å². The highest BCUT2D eigenvalue weighted by Crippen LogP contribution is 2.28. The van der Waals surface area contributed by atoms with Crippen molar-refractivity contribution in [2.75, 3.05) is 20.8 Å². The van der Waals surface area contributed by atoms with Crippen LogP contribution >= 0.6 is 0 Å². The summed E-state index contributed by atoms with van der Waals surface area (Å²) in [4.78, 5) is 2.40. The average Bonchev–Trinajstić information content (AvgIpc) is 2.55. The monoisotopic (exact) mass is 285 g/mol. The summed E-state index contributed by atoms with van der Waals surface area (Å²) in [6.07, 6.45) is 0. The number of benzene rings is 2. The summed E-state index contributed by atoms with van der Waals surface area (Å²) in [5.74, 6) is 1.55. The van der Waals surface area contributed by atoms with Gasteiger partial charge in [-0.1, -0.05) is 43.3 Å². The van der Waals surface area contributed by atoms with Crippen LogP contribution in [0.1, 0.15) is 18.1 Å². The summed E-state index contributed by atoms with van der Waals surface area (Å²) < 4.78 is 10.6. The minimum absolute atomic E-state index is 0.771. The maximum atomic E-state index is 5.37. The van der Waals surface area contributed by atoms with Crippen LogP contribution in [0.4, 0.5) is 0 Å². The third-order valence-electron chi connectivity index (χ3n) is 3.55. The molecule has 0 heterocycles. The Bertz CT molecular complexity index is 554. The average molecular weight is 285 g/mol. The molecule has 0 unspecified atom stereocenters. The Labute approximate surface area is 127 Å². The molecule has 0 aliphatic rings. The fourth-order valence-electron chi connectivity index (χ4n) is 2.36. The van der Waals surface area contributed by atoms with Gasteiger partial charge in [-0.15, -0.1) is 0 Å². The lowest BCUT2D eigenvalue weighted by Crippen LogP contribution is -2.22. The van der Waals surface area contributed by atoms with Gasteiger partial charge in [0.15, 0.2) is 11.5 Å². The number of rotatable bonds is 7. The maximum absolute atomic E-state index is 5.37. The Hall–Kier alpha value is -2.00. The molecule has 0 fully saturated rings. The maximum Gasteiger partial charge on any atom is 0.161 e. The predicted octanol–water partition coefficient (Wildman–Crippen LogP) is 3.73. The van der Waals surface area contributed by atoms with Crippen molar-refractivity contribution in [2.45, 2.75) is 20.0 Å². The Morgan fingerprint density at radius 1 is 0.810 bits per heavy atom. The van der Waals surface area contributed by atoms with Gasteiger partial charge in [0.25, 0.3) is 0 Å². The van der Waals surface area contributed by atoms with E-state index in [1.807, 2.05) is 18.2 Å². The molecule has 3 heteroatoms. The number of hydrogen-bond donors (Lipinski definition) is 0. The van der Waals surface area contributed by atoms with Crippen molar-refractivity contribution < 1.29 is 9.47 Å². The second-order valence-electron chi connectivity index (χ2n) is 4.98. The lowest BCUT2D eigenvalue weighted by Gasteiger charge is -2.21. The largest absolute Gasteiger partial charge is 0.493 e. The molecule has 0 radical (unpaired) electrons. The second kappa shape index (κ2) is 7.70. The topological polar surface area (TPSA) is 21.7 Å². The zero-order valence-corrected chi connectivity index (χ0v) is 13.0. The van der Waals surface area contributed by atoms with Crippen molar-refractivity contribution in [3.63, 3.8) is 0 Å². The number of nitrogens with zero attached hydrogens (tertiary/aromatic N) is 1. The number of methoxy groups -OCH3 is 2. The van der Waals surface area contributed by atoms with E-state index in [-0.39, 0.29) is 0 Å². The first kappa shape index (κ1) is 15.4. The van der Waals surface area contributed by atoms with Gasteiger partial charge in [0.1, 0.15) is 0 Å². The van der Waals surface area contributed by atoms with E-state index in [4.69, 9.17) is 9.47 Å². The van der Waals surface area contributed by atoms with Crippen LogP contribution in [0.25, 0.3) is 0 Å².